The van der Waals surface area contributed by atoms with Crippen molar-refractivity contribution < 1.29 is 18.0 Å². The molecule has 0 aliphatic carbocycles. The fraction of sp³-hybridized carbons (Fsp3) is 0.538. The van der Waals surface area contributed by atoms with Gasteiger partial charge in [-0.1, -0.05) is 25.1 Å². The molecule has 0 unspecified atom stereocenters. The lowest BCUT2D eigenvalue weighted by Gasteiger charge is -2.31. The third-order valence-corrected chi connectivity index (χ3v) is 9.41. The van der Waals surface area contributed by atoms with Gasteiger partial charge in [-0.3, -0.25) is 9.59 Å². The van der Waals surface area contributed by atoms with Gasteiger partial charge < -0.3 is 15.2 Å². The summed E-state index contributed by atoms with van der Waals surface area (Å²) in [5.41, 5.74) is 4.29. The molecule has 0 bridgehead atoms. The Labute approximate surface area is 208 Å². The predicted octanol–water partition coefficient (Wildman–Crippen LogP) is 3.78. The highest BCUT2D eigenvalue weighted by Gasteiger charge is 2.38. The largest absolute Gasteiger partial charge is 0.361 e. The fourth-order valence-corrected chi connectivity index (χ4v) is 7.22. The van der Waals surface area contributed by atoms with Crippen molar-refractivity contribution in [1.82, 2.24) is 14.2 Å². The Balaban J connectivity index is 1.49. The van der Waals surface area contributed by atoms with Gasteiger partial charge in [0.05, 0.1) is 5.56 Å². The third-order valence-electron chi connectivity index (χ3n) is 7.34. The van der Waals surface area contributed by atoms with Crippen LogP contribution in [0, 0.1) is 26.7 Å². The number of amides is 2. The van der Waals surface area contributed by atoms with Gasteiger partial charge in [0.1, 0.15) is 4.90 Å². The number of para-hydroxylation sites is 1. The summed E-state index contributed by atoms with van der Waals surface area (Å²) in [6.45, 7) is 9.29. The zero-order valence-corrected chi connectivity index (χ0v) is 21.9. The van der Waals surface area contributed by atoms with Crippen molar-refractivity contribution in [1.29, 1.82) is 0 Å². The molecule has 2 aliphatic rings. The molecule has 1 aromatic heterocycles. The van der Waals surface area contributed by atoms with E-state index in [9.17, 15) is 18.0 Å². The Hall–Kier alpha value is -2.65. The van der Waals surface area contributed by atoms with E-state index in [-0.39, 0.29) is 41.3 Å². The third kappa shape index (κ3) is 4.89. The van der Waals surface area contributed by atoms with Gasteiger partial charge in [0.25, 0.3) is 5.91 Å². The SMILES string of the molecule is CCc1cccc(C)c1NC(=O)C1CCN(S(=O)(=O)c2c(C)[nH]c(C)c2C(=O)N2CCCC2)CC1. The monoisotopic (exact) mass is 500 g/mol. The van der Waals surface area contributed by atoms with E-state index in [0.717, 1.165) is 36.1 Å². The molecule has 2 N–H and O–H groups in total. The van der Waals surface area contributed by atoms with Crippen LogP contribution in [0.5, 0.6) is 0 Å². The van der Waals surface area contributed by atoms with Gasteiger partial charge >= 0.3 is 0 Å². The lowest BCUT2D eigenvalue weighted by atomic mass is 9.96. The minimum Gasteiger partial charge on any atom is -0.361 e. The van der Waals surface area contributed by atoms with Crippen molar-refractivity contribution >= 4 is 27.5 Å². The maximum atomic E-state index is 13.7. The van der Waals surface area contributed by atoms with Crippen LogP contribution in [0.1, 0.15) is 65.5 Å². The zero-order valence-electron chi connectivity index (χ0n) is 21.1. The Morgan fingerprint density at radius 3 is 2.31 bits per heavy atom. The summed E-state index contributed by atoms with van der Waals surface area (Å²) in [6, 6.07) is 5.98. The summed E-state index contributed by atoms with van der Waals surface area (Å²) in [4.78, 5) is 31.1. The van der Waals surface area contributed by atoms with Gasteiger partial charge in [0, 0.05) is 49.2 Å². The fourth-order valence-electron chi connectivity index (χ4n) is 5.33. The molecule has 2 fully saturated rings. The second-order valence-corrected chi connectivity index (χ2v) is 11.6. The minimum absolute atomic E-state index is 0.0652. The van der Waals surface area contributed by atoms with E-state index in [1.54, 1.807) is 18.7 Å². The average Bonchev–Trinajstić information content (AvgIpc) is 3.48. The summed E-state index contributed by atoms with van der Waals surface area (Å²) in [6.07, 6.45) is 3.58. The summed E-state index contributed by atoms with van der Waals surface area (Å²) in [5.74, 6) is -0.544. The molecule has 8 nitrogen and oxygen atoms in total. The van der Waals surface area contributed by atoms with Crippen LogP contribution in [0.4, 0.5) is 5.69 Å². The van der Waals surface area contributed by atoms with E-state index in [0.29, 0.717) is 37.3 Å². The van der Waals surface area contributed by atoms with Crippen molar-refractivity contribution in [2.75, 3.05) is 31.5 Å². The molecule has 190 valence electrons. The van der Waals surface area contributed by atoms with Gasteiger partial charge in [-0.2, -0.15) is 4.31 Å². The van der Waals surface area contributed by atoms with Gasteiger partial charge in [-0.25, -0.2) is 8.42 Å². The van der Waals surface area contributed by atoms with E-state index >= 15 is 0 Å². The molecule has 2 aromatic rings. The summed E-state index contributed by atoms with van der Waals surface area (Å²) < 4.78 is 28.8. The number of nitrogens with zero attached hydrogens (tertiary/aromatic N) is 2. The molecule has 0 atom stereocenters. The average molecular weight is 501 g/mol. The number of sulfonamides is 1. The number of aromatic nitrogens is 1. The molecule has 0 spiro atoms. The van der Waals surface area contributed by atoms with Crippen molar-refractivity contribution in [3.63, 3.8) is 0 Å². The maximum Gasteiger partial charge on any atom is 0.257 e. The minimum atomic E-state index is -3.88. The molecule has 0 radical (unpaired) electrons. The second-order valence-electron chi connectivity index (χ2n) is 9.71. The standard InChI is InChI=1S/C26H36N4O4S/c1-5-20-10-8-9-17(2)23(20)28-25(31)21-11-15-30(16-12-21)35(33,34)24-19(4)27-18(3)22(24)26(32)29-13-6-7-14-29/h8-10,21,27H,5-7,11-16H2,1-4H3,(H,28,31). The quantitative estimate of drug-likeness (QED) is 0.630. The predicted molar refractivity (Wildman–Crippen MR) is 136 cm³/mol. The molecule has 2 amide bonds. The van der Waals surface area contributed by atoms with Crippen molar-refractivity contribution in [2.24, 2.45) is 5.92 Å². The molecular formula is C26H36N4O4S. The van der Waals surface area contributed by atoms with Crippen LogP contribution in [-0.2, 0) is 21.2 Å². The number of H-pyrrole nitrogens is 1. The van der Waals surface area contributed by atoms with Crippen LogP contribution in [-0.4, -0.2) is 60.6 Å². The number of hydrogen-bond acceptors (Lipinski definition) is 4. The molecule has 3 heterocycles. The van der Waals surface area contributed by atoms with Crippen LogP contribution in [0.3, 0.4) is 0 Å². The molecule has 2 saturated heterocycles. The summed E-state index contributed by atoms with van der Waals surface area (Å²) >= 11 is 0. The number of aryl methyl sites for hydroxylation is 4. The van der Waals surface area contributed by atoms with E-state index in [1.165, 1.54) is 4.31 Å². The van der Waals surface area contributed by atoms with Crippen molar-refractivity contribution in [2.45, 2.75) is 64.7 Å². The number of nitrogens with one attached hydrogen (secondary N) is 2. The molecule has 4 rings (SSSR count). The number of carbonyl (C=O) groups excluding carboxylic acids is 2. The molecule has 9 heteroatoms. The molecule has 1 aromatic carbocycles. The lowest BCUT2D eigenvalue weighted by Crippen LogP contribution is -2.42. The maximum absolute atomic E-state index is 13.7. The molecule has 0 saturated carbocycles. The Bertz CT molecular complexity index is 1220. The van der Waals surface area contributed by atoms with E-state index in [1.807, 2.05) is 25.1 Å². The van der Waals surface area contributed by atoms with Crippen LogP contribution in [0.25, 0.3) is 0 Å². The highest BCUT2D eigenvalue weighted by Crippen LogP contribution is 2.32. The first-order valence-electron chi connectivity index (χ1n) is 12.5. The summed E-state index contributed by atoms with van der Waals surface area (Å²) in [7, 11) is -3.88. The van der Waals surface area contributed by atoms with Crippen LogP contribution < -0.4 is 5.32 Å². The zero-order chi connectivity index (χ0) is 25.3. The van der Waals surface area contributed by atoms with E-state index in [2.05, 4.69) is 17.2 Å². The molecule has 35 heavy (non-hydrogen) atoms. The van der Waals surface area contributed by atoms with E-state index < -0.39 is 10.0 Å². The number of piperidine rings is 1. The topological polar surface area (TPSA) is 103 Å². The lowest BCUT2D eigenvalue weighted by molar-refractivity contribution is -0.120. The number of likely N-dealkylation sites (tertiary alicyclic amines) is 1. The molecule has 2 aliphatic heterocycles. The number of anilines is 1. The Kier molecular flexibility index (Phi) is 7.38. The van der Waals surface area contributed by atoms with Gasteiger partial charge in [-0.05, 0) is 64.0 Å². The number of benzene rings is 1. The van der Waals surface area contributed by atoms with Gasteiger partial charge in [-0.15, -0.1) is 0 Å². The number of hydrogen-bond donors (Lipinski definition) is 2. The second kappa shape index (κ2) is 10.1. The van der Waals surface area contributed by atoms with E-state index in [4.69, 9.17) is 0 Å². The number of carbonyl (C=O) groups is 2. The highest BCUT2D eigenvalue weighted by atomic mass is 32.2. The first kappa shape index (κ1) is 25.4. The molecular weight excluding hydrogens is 464 g/mol. The van der Waals surface area contributed by atoms with Crippen LogP contribution in [0.2, 0.25) is 0 Å². The van der Waals surface area contributed by atoms with Crippen molar-refractivity contribution in [3.05, 3.63) is 46.3 Å². The van der Waals surface area contributed by atoms with Gasteiger partial charge in [0.2, 0.25) is 15.9 Å². The smallest absolute Gasteiger partial charge is 0.257 e. The van der Waals surface area contributed by atoms with Crippen LogP contribution in [0.15, 0.2) is 23.1 Å². The first-order chi connectivity index (χ1) is 16.6. The number of rotatable bonds is 6. The normalized spacial score (nSPS) is 17.7. The Morgan fingerprint density at radius 1 is 1.03 bits per heavy atom. The number of aromatic amines is 1. The van der Waals surface area contributed by atoms with Gasteiger partial charge in [0.15, 0.2) is 0 Å². The van der Waals surface area contributed by atoms with Crippen molar-refractivity contribution in [3.8, 4) is 0 Å². The highest BCUT2D eigenvalue weighted by molar-refractivity contribution is 7.89. The van der Waals surface area contributed by atoms with Crippen LogP contribution >= 0.6 is 0 Å². The Morgan fingerprint density at radius 2 is 1.69 bits per heavy atom. The first-order valence-corrected chi connectivity index (χ1v) is 14.0. The summed E-state index contributed by atoms with van der Waals surface area (Å²) in [5, 5.41) is 3.09.